The number of allylic oxidation sites excluding steroid dienone is 1. The Bertz CT molecular complexity index is 1540. The highest BCUT2D eigenvalue weighted by Crippen LogP contribution is 2.36. The Hall–Kier alpha value is -4.84. The standard InChI is InChI=1S/C27H22N4O4.2C2H7NO/c1-16-25(24(15-32)31(30-16)21-12-11-17-5-2-6-18(17)14-21)29-28-23-10-4-9-22(26(23)33)19-7-3-8-20(13-19)27(34)35;2*3-1-2-4/h3-4,7-14,28,33H,2,5-6H2,1H3,(H,34,35);2*4H,1-3H2. The van der Waals surface area contributed by atoms with Crippen LogP contribution in [0.15, 0.2) is 76.6 Å². The van der Waals surface area contributed by atoms with Gasteiger partial charge < -0.3 is 31.9 Å². The van der Waals surface area contributed by atoms with Gasteiger partial charge in [0.25, 0.3) is 0 Å². The van der Waals surface area contributed by atoms with Crippen LogP contribution >= 0.6 is 0 Å². The maximum atomic E-state index is 11.9. The molecule has 0 aromatic heterocycles. The van der Waals surface area contributed by atoms with Gasteiger partial charge >= 0.3 is 5.97 Å². The van der Waals surface area contributed by atoms with Crippen LogP contribution in [0, 0.1) is 0 Å². The summed E-state index contributed by atoms with van der Waals surface area (Å²) in [6, 6.07) is 17.4. The third-order valence-electron chi connectivity index (χ3n) is 6.46. The minimum atomic E-state index is -1.05. The second-order valence-corrected chi connectivity index (χ2v) is 9.44. The van der Waals surface area contributed by atoms with E-state index >= 15 is 0 Å². The van der Waals surface area contributed by atoms with Gasteiger partial charge in [0.15, 0.2) is 11.6 Å². The summed E-state index contributed by atoms with van der Waals surface area (Å²) in [5.74, 6) is 0.805. The van der Waals surface area contributed by atoms with Crippen molar-refractivity contribution < 1.29 is 30.0 Å². The van der Waals surface area contributed by atoms with Crippen LogP contribution in [0.25, 0.3) is 11.1 Å². The molecule has 3 aromatic rings. The van der Waals surface area contributed by atoms with Crippen molar-refractivity contribution in [3.8, 4) is 16.9 Å². The van der Waals surface area contributed by atoms with Crippen molar-refractivity contribution in [3.05, 3.63) is 83.1 Å². The smallest absolute Gasteiger partial charge is 0.335 e. The van der Waals surface area contributed by atoms with Crippen molar-refractivity contribution in [1.82, 2.24) is 0 Å². The molecular weight excluding hydrogens is 552 g/mol. The van der Waals surface area contributed by atoms with Crippen LogP contribution in [-0.2, 0) is 17.6 Å². The number of carboxylic acids is 1. The minimum absolute atomic E-state index is 0.0972. The highest BCUT2D eigenvalue weighted by Gasteiger charge is 2.29. The molecule has 0 amide bonds. The molecule has 226 valence electrons. The van der Waals surface area contributed by atoms with Crippen LogP contribution in [0.1, 0.15) is 34.8 Å². The number of nitrogens with one attached hydrogen (secondary N) is 1. The summed E-state index contributed by atoms with van der Waals surface area (Å²) in [5, 5.41) is 46.0. The summed E-state index contributed by atoms with van der Waals surface area (Å²) in [6.07, 6.45) is 3.19. The maximum absolute atomic E-state index is 11.9. The number of nitrogens with two attached hydrogens (primary N) is 2. The van der Waals surface area contributed by atoms with Gasteiger partial charge in [-0.3, -0.25) is 5.43 Å². The predicted octanol–water partition coefficient (Wildman–Crippen LogP) is 2.50. The van der Waals surface area contributed by atoms with Crippen molar-refractivity contribution >= 4 is 34.7 Å². The van der Waals surface area contributed by atoms with Crippen LogP contribution in [0.4, 0.5) is 11.4 Å². The number of aryl methyl sites for hydroxylation is 2. The minimum Gasteiger partial charge on any atom is -0.505 e. The normalized spacial score (nSPS) is 14.2. The van der Waals surface area contributed by atoms with Gasteiger partial charge in [0, 0.05) is 18.7 Å². The number of aliphatic hydroxyl groups excluding tert-OH is 2. The molecule has 1 heterocycles. The number of benzene rings is 3. The van der Waals surface area contributed by atoms with Gasteiger partial charge in [0.2, 0.25) is 0 Å². The van der Waals surface area contributed by atoms with E-state index in [-0.39, 0.29) is 30.2 Å². The molecule has 1 aliphatic heterocycles. The summed E-state index contributed by atoms with van der Waals surface area (Å²) in [5.41, 5.74) is 18.2. The van der Waals surface area contributed by atoms with Crippen molar-refractivity contribution in [1.29, 1.82) is 0 Å². The first-order valence-electron chi connectivity index (χ1n) is 13.6. The van der Waals surface area contributed by atoms with Crippen molar-refractivity contribution in [2.24, 2.45) is 21.7 Å². The summed E-state index contributed by atoms with van der Waals surface area (Å²) >= 11 is 0. The molecule has 0 atom stereocenters. The molecule has 0 unspecified atom stereocenters. The second kappa shape index (κ2) is 16.0. The Morgan fingerprint density at radius 3 is 2.35 bits per heavy atom. The largest absolute Gasteiger partial charge is 0.505 e. The fourth-order valence-corrected chi connectivity index (χ4v) is 4.42. The highest BCUT2D eigenvalue weighted by atomic mass is 16.4. The number of phenols is 1. The molecule has 0 saturated heterocycles. The van der Waals surface area contributed by atoms with Gasteiger partial charge in [0.05, 0.1) is 35.9 Å². The zero-order chi connectivity index (χ0) is 31.4. The number of carbonyl (C=O) groups excluding carboxylic acids is 1. The van der Waals surface area contributed by atoms with Gasteiger partial charge in [0.1, 0.15) is 11.5 Å². The van der Waals surface area contributed by atoms with Crippen LogP contribution in [0.5, 0.6) is 5.75 Å². The van der Waals surface area contributed by atoms with Crippen molar-refractivity contribution in [2.45, 2.75) is 26.2 Å². The lowest BCUT2D eigenvalue weighted by molar-refractivity contribution is 0.0697. The van der Waals surface area contributed by atoms with E-state index < -0.39 is 5.97 Å². The molecule has 9 N–H and O–H groups in total. The molecule has 0 radical (unpaired) electrons. The van der Waals surface area contributed by atoms with E-state index in [1.165, 1.54) is 28.3 Å². The Balaban J connectivity index is 0.000000566. The zero-order valence-electron chi connectivity index (χ0n) is 23.8. The number of aromatic carboxylic acids is 1. The van der Waals surface area contributed by atoms with E-state index in [1.807, 2.05) is 18.1 Å². The molecule has 43 heavy (non-hydrogen) atoms. The number of anilines is 2. The number of para-hydroxylation sites is 1. The van der Waals surface area contributed by atoms with Gasteiger partial charge in [-0.15, -0.1) is 0 Å². The van der Waals surface area contributed by atoms with E-state index in [1.54, 1.807) is 37.3 Å². The van der Waals surface area contributed by atoms with Gasteiger partial charge in [-0.25, -0.2) is 14.6 Å². The fraction of sp³-hybridized carbons (Fsp3) is 0.258. The number of aliphatic hydroxyl groups is 2. The molecule has 0 bridgehead atoms. The third-order valence-corrected chi connectivity index (χ3v) is 6.46. The Morgan fingerprint density at radius 2 is 1.70 bits per heavy atom. The molecular formula is C31H36N6O6. The first kappa shape index (κ1) is 32.7. The number of carboxylic acid groups (broad SMARTS) is 1. The molecule has 12 nitrogen and oxygen atoms in total. The number of aromatic hydroxyl groups is 1. The highest BCUT2D eigenvalue weighted by molar-refractivity contribution is 6.52. The third kappa shape index (κ3) is 8.13. The van der Waals surface area contributed by atoms with Gasteiger partial charge in [-0.2, -0.15) is 10.2 Å². The van der Waals surface area contributed by atoms with Crippen LogP contribution in [0.2, 0.25) is 0 Å². The monoisotopic (exact) mass is 588 g/mol. The fourth-order valence-electron chi connectivity index (χ4n) is 4.42. The number of hydrazone groups is 2. The van der Waals surface area contributed by atoms with E-state index in [2.05, 4.69) is 21.7 Å². The SMILES string of the molecule is CC1=NN(c2ccc3c(c2)CCC3)C(=C=O)C1=NNc1cccc(-c2cccc(C(=O)O)c2)c1O.NCCO.NCCO. The average molecular weight is 589 g/mol. The van der Waals surface area contributed by atoms with Crippen molar-refractivity contribution in [3.63, 3.8) is 0 Å². The molecule has 0 saturated carbocycles. The number of nitrogens with zero attached hydrogens (tertiary/aromatic N) is 3. The Morgan fingerprint density at radius 1 is 1.02 bits per heavy atom. The van der Waals surface area contributed by atoms with E-state index in [4.69, 9.17) is 21.7 Å². The number of fused-ring (bicyclic) bond motifs is 1. The van der Waals surface area contributed by atoms with Crippen LogP contribution < -0.4 is 21.9 Å². The van der Waals surface area contributed by atoms with Crippen LogP contribution in [-0.4, -0.2) is 70.1 Å². The molecule has 2 aliphatic rings. The lowest BCUT2D eigenvalue weighted by Crippen LogP contribution is -2.18. The second-order valence-electron chi connectivity index (χ2n) is 9.44. The van der Waals surface area contributed by atoms with E-state index in [0.717, 1.165) is 24.9 Å². The van der Waals surface area contributed by atoms with E-state index in [0.29, 0.717) is 41.3 Å². The van der Waals surface area contributed by atoms with E-state index in [9.17, 15) is 19.8 Å². The number of carbonyl (C=O) groups is 1. The Labute approximate surface area is 249 Å². The van der Waals surface area contributed by atoms with Crippen LogP contribution in [0.3, 0.4) is 0 Å². The summed E-state index contributed by atoms with van der Waals surface area (Å²) in [7, 11) is 0. The molecule has 0 spiro atoms. The summed E-state index contributed by atoms with van der Waals surface area (Å²) < 4.78 is 0. The maximum Gasteiger partial charge on any atom is 0.335 e. The molecule has 5 rings (SSSR count). The number of hydrogen-bond donors (Lipinski definition) is 7. The van der Waals surface area contributed by atoms with Gasteiger partial charge in [-0.1, -0.05) is 30.3 Å². The first-order chi connectivity index (χ1) is 20.8. The molecule has 1 aliphatic carbocycles. The summed E-state index contributed by atoms with van der Waals surface area (Å²) in [4.78, 5) is 23.2. The molecule has 0 fully saturated rings. The lowest BCUT2D eigenvalue weighted by atomic mass is 10.0. The van der Waals surface area contributed by atoms with Gasteiger partial charge in [-0.05, 0) is 73.2 Å². The predicted molar refractivity (Wildman–Crippen MR) is 167 cm³/mol. The number of rotatable bonds is 7. The molecule has 3 aromatic carbocycles. The Kier molecular flexibility index (Phi) is 12.1. The quantitative estimate of drug-likeness (QED) is 0.122. The first-order valence-corrected chi connectivity index (χ1v) is 13.6. The topological polar surface area (TPSA) is 207 Å². The zero-order valence-corrected chi connectivity index (χ0v) is 23.8. The van der Waals surface area contributed by atoms with Crippen molar-refractivity contribution in [2.75, 3.05) is 36.7 Å². The number of phenolic OH excluding ortho intramolecular Hbond substituents is 1. The average Bonchev–Trinajstić information content (AvgIpc) is 3.63. The number of hydrogen-bond acceptors (Lipinski definition) is 11. The molecule has 12 heteroatoms. The lowest BCUT2D eigenvalue weighted by Gasteiger charge is -2.15. The summed E-state index contributed by atoms with van der Waals surface area (Å²) in [6.45, 7) is 2.69.